The fraction of sp³-hybridized carbons (Fsp3) is 0.500. The number of aromatic nitrogens is 1. The van der Waals surface area contributed by atoms with Gasteiger partial charge < -0.3 is 5.32 Å². The highest BCUT2D eigenvalue weighted by Gasteiger charge is 2.06. The highest BCUT2D eigenvalue weighted by atomic mass is 16.1. The summed E-state index contributed by atoms with van der Waals surface area (Å²) in [5.41, 5.74) is 1.20. The molecule has 0 aliphatic heterocycles. The molecule has 1 heterocycles. The molecule has 0 atom stereocenters. The Kier molecular flexibility index (Phi) is 5.86. The smallest absolute Gasteiger partial charge is 0.251 e. The van der Waals surface area contributed by atoms with Crippen LogP contribution in [0.25, 0.3) is 0 Å². The Balaban J connectivity index is 2.46. The summed E-state index contributed by atoms with van der Waals surface area (Å²) in [6.07, 6.45) is 3.89. The molecule has 0 aliphatic carbocycles. The first-order valence-electron chi connectivity index (χ1n) is 6.23. The van der Waals surface area contributed by atoms with E-state index in [0.29, 0.717) is 23.7 Å². The van der Waals surface area contributed by atoms with Gasteiger partial charge in [0.15, 0.2) is 0 Å². The van der Waals surface area contributed by atoms with Crippen molar-refractivity contribution in [2.24, 2.45) is 5.92 Å². The molecule has 0 fully saturated rings. The van der Waals surface area contributed by atoms with Crippen molar-refractivity contribution >= 4 is 5.91 Å². The topological polar surface area (TPSA) is 65.8 Å². The zero-order chi connectivity index (χ0) is 13.4. The lowest BCUT2D eigenvalue weighted by Crippen LogP contribution is -2.24. The number of hydrogen-bond donors (Lipinski definition) is 1. The zero-order valence-corrected chi connectivity index (χ0v) is 10.9. The van der Waals surface area contributed by atoms with Gasteiger partial charge >= 0.3 is 0 Å². The van der Waals surface area contributed by atoms with Gasteiger partial charge in [-0.25, -0.2) is 0 Å². The molecule has 1 aromatic rings. The second-order valence-corrected chi connectivity index (χ2v) is 4.66. The molecule has 0 bridgehead atoms. The molecule has 1 rings (SSSR count). The van der Waals surface area contributed by atoms with Crippen molar-refractivity contribution in [1.82, 2.24) is 10.3 Å². The van der Waals surface area contributed by atoms with E-state index in [-0.39, 0.29) is 12.3 Å². The van der Waals surface area contributed by atoms with Gasteiger partial charge in [0.1, 0.15) is 0 Å². The van der Waals surface area contributed by atoms with Crippen LogP contribution in [0.5, 0.6) is 0 Å². The maximum absolute atomic E-state index is 11.8. The number of amides is 1. The van der Waals surface area contributed by atoms with Gasteiger partial charge in [-0.05, 0) is 30.9 Å². The summed E-state index contributed by atoms with van der Waals surface area (Å²) in [4.78, 5) is 15.9. The van der Waals surface area contributed by atoms with Crippen LogP contribution in [-0.2, 0) is 6.42 Å². The minimum atomic E-state index is -0.0969. The second kappa shape index (κ2) is 7.44. The van der Waals surface area contributed by atoms with E-state index < -0.39 is 0 Å². The summed E-state index contributed by atoms with van der Waals surface area (Å²) >= 11 is 0. The molecule has 1 aromatic heterocycles. The summed E-state index contributed by atoms with van der Waals surface area (Å²) < 4.78 is 0. The number of nitriles is 1. The Morgan fingerprint density at radius 3 is 3.00 bits per heavy atom. The van der Waals surface area contributed by atoms with Gasteiger partial charge in [-0.3, -0.25) is 9.78 Å². The van der Waals surface area contributed by atoms with Crippen molar-refractivity contribution in [1.29, 1.82) is 5.26 Å². The lowest BCUT2D eigenvalue weighted by atomic mass is 10.1. The lowest BCUT2D eigenvalue weighted by molar-refractivity contribution is 0.0952. The molecule has 0 saturated heterocycles. The summed E-state index contributed by atoms with van der Waals surface area (Å²) in [6.45, 7) is 5.02. The van der Waals surface area contributed by atoms with Gasteiger partial charge in [0.25, 0.3) is 5.91 Å². The number of rotatable bonds is 6. The molecule has 96 valence electrons. The molecule has 4 nitrogen and oxygen atoms in total. The number of nitrogens with one attached hydrogen (secondary N) is 1. The number of carbonyl (C=O) groups is 1. The number of hydrogen-bond acceptors (Lipinski definition) is 3. The van der Waals surface area contributed by atoms with E-state index in [1.807, 2.05) is 6.07 Å². The Hall–Kier alpha value is -1.89. The van der Waals surface area contributed by atoms with E-state index in [9.17, 15) is 4.79 Å². The standard InChI is InChI=1S/C14H19N3O/c1-11(2)4-3-8-17-14(18)12-6-9-16-13(10-12)5-7-15/h6,9-11H,3-5,8H2,1-2H3,(H,17,18). The van der Waals surface area contributed by atoms with Crippen LogP contribution in [-0.4, -0.2) is 17.4 Å². The molecule has 1 N–H and O–H groups in total. The van der Waals surface area contributed by atoms with Gasteiger partial charge in [-0.15, -0.1) is 0 Å². The van der Waals surface area contributed by atoms with Gasteiger partial charge in [-0.1, -0.05) is 13.8 Å². The van der Waals surface area contributed by atoms with E-state index in [1.54, 1.807) is 18.3 Å². The van der Waals surface area contributed by atoms with Crippen LogP contribution in [0.1, 0.15) is 42.7 Å². The van der Waals surface area contributed by atoms with Crippen LogP contribution in [0.15, 0.2) is 18.3 Å². The van der Waals surface area contributed by atoms with Gasteiger partial charge in [0.2, 0.25) is 0 Å². The van der Waals surface area contributed by atoms with E-state index in [1.165, 1.54) is 0 Å². The first kappa shape index (κ1) is 14.2. The first-order chi connectivity index (χ1) is 8.63. The van der Waals surface area contributed by atoms with E-state index in [4.69, 9.17) is 5.26 Å². The molecule has 0 saturated carbocycles. The van der Waals surface area contributed by atoms with E-state index >= 15 is 0 Å². The predicted octanol–water partition coefficient (Wildman–Crippen LogP) is 2.31. The Bertz CT molecular complexity index is 435. The molecule has 4 heteroatoms. The minimum Gasteiger partial charge on any atom is -0.352 e. The SMILES string of the molecule is CC(C)CCCNC(=O)c1ccnc(CC#N)c1. The van der Waals surface area contributed by atoms with E-state index in [2.05, 4.69) is 24.1 Å². The van der Waals surface area contributed by atoms with Crippen molar-refractivity contribution in [2.45, 2.75) is 33.1 Å². The summed E-state index contributed by atoms with van der Waals surface area (Å²) in [7, 11) is 0. The molecular weight excluding hydrogens is 226 g/mol. The highest BCUT2D eigenvalue weighted by Crippen LogP contribution is 2.04. The number of pyridine rings is 1. The molecule has 18 heavy (non-hydrogen) atoms. The molecule has 1 amide bonds. The fourth-order valence-electron chi connectivity index (χ4n) is 1.61. The van der Waals surface area contributed by atoms with Crippen LogP contribution >= 0.6 is 0 Å². The first-order valence-corrected chi connectivity index (χ1v) is 6.23. The third-order valence-corrected chi connectivity index (χ3v) is 2.58. The quantitative estimate of drug-likeness (QED) is 0.782. The van der Waals surface area contributed by atoms with Gasteiger partial charge in [0, 0.05) is 18.3 Å². The number of nitrogens with zero attached hydrogens (tertiary/aromatic N) is 2. The molecule has 0 unspecified atom stereocenters. The summed E-state index contributed by atoms with van der Waals surface area (Å²) in [5, 5.41) is 11.5. The molecule has 0 spiro atoms. The van der Waals surface area contributed by atoms with Gasteiger partial charge in [-0.2, -0.15) is 5.26 Å². The molecule has 0 aromatic carbocycles. The second-order valence-electron chi connectivity index (χ2n) is 4.66. The summed E-state index contributed by atoms with van der Waals surface area (Å²) in [5.74, 6) is 0.561. The summed E-state index contributed by atoms with van der Waals surface area (Å²) in [6, 6.07) is 5.35. The third-order valence-electron chi connectivity index (χ3n) is 2.58. The van der Waals surface area contributed by atoms with Gasteiger partial charge in [0.05, 0.1) is 18.2 Å². The molecule has 0 aliphatic rings. The van der Waals surface area contributed by atoms with Crippen molar-refractivity contribution in [3.05, 3.63) is 29.6 Å². The van der Waals surface area contributed by atoms with Crippen molar-refractivity contribution in [3.63, 3.8) is 0 Å². The highest BCUT2D eigenvalue weighted by molar-refractivity contribution is 5.94. The molecular formula is C14H19N3O. The largest absolute Gasteiger partial charge is 0.352 e. The fourth-order valence-corrected chi connectivity index (χ4v) is 1.61. The third kappa shape index (κ3) is 4.96. The van der Waals surface area contributed by atoms with Crippen LogP contribution in [0.4, 0.5) is 0 Å². The van der Waals surface area contributed by atoms with Crippen molar-refractivity contribution in [2.75, 3.05) is 6.54 Å². The van der Waals surface area contributed by atoms with Crippen molar-refractivity contribution in [3.8, 4) is 6.07 Å². The zero-order valence-electron chi connectivity index (χ0n) is 10.9. The predicted molar refractivity (Wildman–Crippen MR) is 70.0 cm³/mol. The Labute approximate surface area is 108 Å². The Morgan fingerprint density at radius 2 is 2.33 bits per heavy atom. The average molecular weight is 245 g/mol. The Morgan fingerprint density at radius 1 is 1.56 bits per heavy atom. The minimum absolute atomic E-state index is 0.0969. The van der Waals surface area contributed by atoms with E-state index in [0.717, 1.165) is 12.8 Å². The lowest BCUT2D eigenvalue weighted by Gasteiger charge is -2.07. The maximum atomic E-state index is 11.8. The van der Waals surface area contributed by atoms with Crippen LogP contribution < -0.4 is 5.32 Å². The monoisotopic (exact) mass is 245 g/mol. The average Bonchev–Trinajstić information content (AvgIpc) is 2.35. The van der Waals surface area contributed by atoms with Crippen molar-refractivity contribution < 1.29 is 4.79 Å². The van der Waals surface area contributed by atoms with Crippen LogP contribution in [0, 0.1) is 17.2 Å². The molecule has 0 radical (unpaired) electrons. The maximum Gasteiger partial charge on any atom is 0.251 e. The van der Waals surface area contributed by atoms with Crippen LogP contribution in [0.2, 0.25) is 0 Å². The normalized spacial score (nSPS) is 10.1. The van der Waals surface area contributed by atoms with Crippen LogP contribution in [0.3, 0.4) is 0 Å². The number of carbonyl (C=O) groups excluding carboxylic acids is 1.